The number of para-hydroxylation sites is 1. The van der Waals surface area contributed by atoms with Crippen molar-refractivity contribution in [2.24, 2.45) is 4.99 Å². The van der Waals surface area contributed by atoms with Gasteiger partial charge in [0.1, 0.15) is 5.82 Å². The molecule has 9 heteroatoms. The highest BCUT2D eigenvalue weighted by molar-refractivity contribution is 7.16. The Kier molecular flexibility index (Phi) is 6.05. The van der Waals surface area contributed by atoms with Crippen LogP contribution in [0.4, 0.5) is 8.78 Å². The number of hydrogen-bond donors (Lipinski definition) is 0. The molecule has 1 heterocycles. The molecule has 0 aliphatic rings. The number of carbonyl (C=O) groups excluding carboxylic acids is 1. The van der Waals surface area contributed by atoms with Gasteiger partial charge >= 0.3 is 0 Å². The summed E-state index contributed by atoms with van der Waals surface area (Å²) in [4.78, 5) is 17.2. The fourth-order valence-electron chi connectivity index (χ4n) is 2.81. The first kappa shape index (κ1) is 20.0. The molecule has 0 saturated carbocycles. The van der Waals surface area contributed by atoms with E-state index >= 15 is 0 Å². The van der Waals surface area contributed by atoms with Gasteiger partial charge in [0.25, 0.3) is 5.91 Å². The first-order valence-electron chi connectivity index (χ1n) is 8.27. The highest BCUT2D eigenvalue weighted by Crippen LogP contribution is 2.31. The van der Waals surface area contributed by atoms with Gasteiger partial charge in [0, 0.05) is 19.7 Å². The molecular weight excluding hydrogens is 390 g/mol. The molecule has 0 fully saturated rings. The summed E-state index contributed by atoms with van der Waals surface area (Å²) in [7, 11) is 4.39. The van der Waals surface area contributed by atoms with E-state index in [-0.39, 0.29) is 34.8 Å². The lowest BCUT2D eigenvalue weighted by Crippen LogP contribution is -2.20. The number of halogens is 2. The first-order valence-corrected chi connectivity index (χ1v) is 9.09. The lowest BCUT2D eigenvalue weighted by Gasteiger charge is -2.10. The van der Waals surface area contributed by atoms with E-state index in [9.17, 15) is 13.6 Å². The highest BCUT2D eigenvalue weighted by Gasteiger charge is 2.18. The SMILES string of the molecule is COCCn1c(=NC(=O)c2cccc(OC)c2OC)sc2cc(F)cc(F)c21. The maximum absolute atomic E-state index is 14.4. The number of aromatic nitrogens is 1. The number of nitrogens with zero attached hydrogens (tertiary/aromatic N) is 2. The van der Waals surface area contributed by atoms with Crippen LogP contribution in [0.5, 0.6) is 11.5 Å². The van der Waals surface area contributed by atoms with Crippen LogP contribution in [0.15, 0.2) is 35.3 Å². The van der Waals surface area contributed by atoms with Gasteiger partial charge in [0.15, 0.2) is 22.1 Å². The van der Waals surface area contributed by atoms with Gasteiger partial charge in [-0.2, -0.15) is 4.99 Å². The van der Waals surface area contributed by atoms with E-state index in [1.807, 2.05) is 0 Å². The van der Waals surface area contributed by atoms with Gasteiger partial charge in [-0.3, -0.25) is 4.79 Å². The van der Waals surface area contributed by atoms with Gasteiger partial charge in [-0.1, -0.05) is 17.4 Å². The molecule has 6 nitrogen and oxygen atoms in total. The lowest BCUT2D eigenvalue weighted by atomic mass is 10.2. The molecule has 148 valence electrons. The number of hydrogen-bond acceptors (Lipinski definition) is 5. The highest BCUT2D eigenvalue weighted by atomic mass is 32.1. The summed E-state index contributed by atoms with van der Waals surface area (Å²) in [5.74, 6) is -1.37. The molecule has 0 aliphatic carbocycles. The molecule has 28 heavy (non-hydrogen) atoms. The second kappa shape index (κ2) is 8.49. The summed E-state index contributed by atoms with van der Waals surface area (Å²) in [6.45, 7) is 0.521. The molecule has 3 rings (SSSR count). The van der Waals surface area contributed by atoms with Crippen molar-refractivity contribution in [2.45, 2.75) is 6.54 Å². The Morgan fingerprint density at radius 1 is 1.18 bits per heavy atom. The monoisotopic (exact) mass is 408 g/mol. The van der Waals surface area contributed by atoms with Crippen molar-refractivity contribution in [2.75, 3.05) is 27.9 Å². The molecule has 0 aliphatic heterocycles. The van der Waals surface area contributed by atoms with Gasteiger partial charge in [0.05, 0.1) is 36.6 Å². The Labute approximate surface area is 163 Å². The first-order chi connectivity index (χ1) is 13.5. The number of carbonyl (C=O) groups is 1. The van der Waals surface area contributed by atoms with Crippen LogP contribution in [0.2, 0.25) is 0 Å². The molecule has 0 radical (unpaired) electrons. The fraction of sp³-hybridized carbons (Fsp3) is 0.263. The van der Waals surface area contributed by atoms with Crippen LogP contribution in [0.25, 0.3) is 10.2 Å². The van der Waals surface area contributed by atoms with Gasteiger partial charge in [-0.15, -0.1) is 0 Å². The third-order valence-electron chi connectivity index (χ3n) is 4.04. The van der Waals surface area contributed by atoms with Crippen molar-refractivity contribution in [1.82, 2.24) is 4.57 Å². The topological polar surface area (TPSA) is 62.1 Å². The predicted octanol–water partition coefficient (Wildman–Crippen LogP) is 3.39. The van der Waals surface area contributed by atoms with Crippen LogP contribution in [0.1, 0.15) is 10.4 Å². The van der Waals surface area contributed by atoms with Crippen LogP contribution < -0.4 is 14.3 Å². The Morgan fingerprint density at radius 2 is 1.96 bits per heavy atom. The zero-order valence-electron chi connectivity index (χ0n) is 15.5. The largest absolute Gasteiger partial charge is 0.493 e. The fourth-order valence-corrected chi connectivity index (χ4v) is 3.90. The van der Waals surface area contributed by atoms with Crippen molar-refractivity contribution in [3.05, 3.63) is 52.3 Å². The van der Waals surface area contributed by atoms with Crippen molar-refractivity contribution >= 4 is 27.5 Å². The number of thiazole rings is 1. The number of benzene rings is 2. The van der Waals surface area contributed by atoms with Crippen molar-refractivity contribution in [1.29, 1.82) is 0 Å². The zero-order chi connectivity index (χ0) is 20.3. The maximum Gasteiger partial charge on any atom is 0.283 e. The van der Waals surface area contributed by atoms with E-state index in [0.29, 0.717) is 10.4 Å². The molecule has 0 bridgehead atoms. The number of rotatable bonds is 6. The van der Waals surface area contributed by atoms with Crippen LogP contribution in [-0.4, -0.2) is 38.4 Å². The molecule has 0 saturated heterocycles. The summed E-state index contributed by atoms with van der Waals surface area (Å²) in [5, 5.41) is 0. The molecule has 0 unspecified atom stereocenters. The number of fused-ring (bicyclic) bond motifs is 1. The minimum absolute atomic E-state index is 0.174. The molecule has 0 atom stereocenters. The Bertz CT molecular complexity index is 1090. The molecule has 0 N–H and O–H groups in total. The number of amides is 1. The second-order valence-electron chi connectivity index (χ2n) is 5.72. The van der Waals surface area contributed by atoms with E-state index < -0.39 is 17.5 Å². The third-order valence-corrected chi connectivity index (χ3v) is 5.07. The summed E-state index contributed by atoms with van der Waals surface area (Å²) in [5.41, 5.74) is 0.372. The Hall–Kier alpha value is -2.78. The molecule has 3 aromatic rings. The van der Waals surface area contributed by atoms with Gasteiger partial charge in [0.2, 0.25) is 0 Å². The number of methoxy groups -OCH3 is 3. The normalized spacial score (nSPS) is 11.8. The quantitative estimate of drug-likeness (QED) is 0.627. The average molecular weight is 408 g/mol. The second-order valence-corrected chi connectivity index (χ2v) is 6.73. The average Bonchev–Trinajstić information content (AvgIpc) is 3.02. The molecule has 2 aromatic carbocycles. The van der Waals surface area contributed by atoms with Crippen LogP contribution in [0.3, 0.4) is 0 Å². The number of ether oxygens (including phenoxy) is 3. The predicted molar refractivity (Wildman–Crippen MR) is 101 cm³/mol. The molecule has 1 aromatic heterocycles. The molecule has 0 spiro atoms. The smallest absolute Gasteiger partial charge is 0.283 e. The molecular formula is C19H18F2N2O4S. The van der Waals surface area contributed by atoms with E-state index in [0.717, 1.165) is 17.4 Å². The lowest BCUT2D eigenvalue weighted by molar-refractivity contribution is 0.0993. The van der Waals surface area contributed by atoms with Crippen molar-refractivity contribution in [3.8, 4) is 11.5 Å². The summed E-state index contributed by atoms with van der Waals surface area (Å²) >= 11 is 1.02. The standard InChI is InChI=1S/C19H18F2N2O4S/c1-25-8-7-23-16-13(21)9-11(20)10-15(16)28-19(23)22-18(24)12-5-4-6-14(26-2)17(12)27-3/h4-6,9-10H,7-8H2,1-3H3. The van der Waals surface area contributed by atoms with Crippen molar-refractivity contribution in [3.63, 3.8) is 0 Å². The van der Waals surface area contributed by atoms with Gasteiger partial charge in [-0.05, 0) is 18.2 Å². The van der Waals surface area contributed by atoms with Crippen LogP contribution >= 0.6 is 11.3 Å². The molecule has 1 amide bonds. The zero-order valence-corrected chi connectivity index (χ0v) is 16.3. The van der Waals surface area contributed by atoms with Crippen molar-refractivity contribution < 1.29 is 27.8 Å². The minimum Gasteiger partial charge on any atom is -0.493 e. The van der Waals surface area contributed by atoms with E-state index in [4.69, 9.17) is 14.2 Å². The van der Waals surface area contributed by atoms with E-state index in [2.05, 4.69) is 4.99 Å². The van der Waals surface area contributed by atoms with E-state index in [1.54, 1.807) is 18.2 Å². The third kappa shape index (κ3) is 3.76. The van der Waals surface area contributed by atoms with Crippen LogP contribution in [-0.2, 0) is 11.3 Å². The minimum atomic E-state index is -0.727. The summed E-state index contributed by atoms with van der Waals surface area (Å²) in [6.07, 6.45) is 0. The Balaban J connectivity index is 2.19. The van der Waals surface area contributed by atoms with Gasteiger partial charge in [-0.25, -0.2) is 8.78 Å². The summed E-state index contributed by atoms with van der Waals surface area (Å²) in [6, 6.07) is 6.87. The Morgan fingerprint density at radius 3 is 2.64 bits per heavy atom. The maximum atomic E-state index is 14.4. The van der Waals surface area contributed by atoms with Crippen LogP contribution in [0, 0.1) is 11.6 Å². The van der Waals surface area contributed by atoms with E-state index in [1.165, 1.54) is 32.0 Å². The summed E-state index contributed by atoms with van der Waals surface area (Å²) < 4.78 is 45.4. The van der Waals surface area contributed by atoms with Gasteiger partial charge < -0.3 is 18.8 Å².